The third kappa shape index (κ3) is 4.12. The number of allylic oxidation sites excluding steroid dienone is 1. The number of carbonyl (C=O) groups excluding carboxylic acids is 2. The summed E-state index contributed by atoms with van der Waals surface area (Å²) in [6.07, 6.45) is 3.78. The molecule has 5 nitrogen and oxygen atoms in total. The molecule has 1 aliphatic rings. The van der Waals surface area contributed by atoms with E-state index in [-0.39, 0.29) is 23.4 Å². The van der Waals surface area contributed by atoms with Crippen LogP contribution in [0.4, 0.5) is 4.79 Å². The summed E-state index contributed by atoms with van der Waals surface area (Å²) in [6.45, 7) is 5.90. The van der Waals surface area contributed by atoms with Gasteiger partial charge >= 0.3 is 0 Å². The number of aryl methyl sites for hydroxylation is 1. The summed E-state index contributed by atoms with van der Waals surface area (Å²) in [5, 5.41) is 9.90. The van der Waals surface area contributed by atoms with Gasteiger partial charge in [-0.3, -0.25) is 14.5 Å². The number of nitrogens with zero attached hydrogens (tertiary/aromatic N) is 1. The molecule has 0 aliphatic carbocycles. The van der Waals surface area contributed by atoms with Gasteiger partial charge in [0, 0.05) is 5.56 Å². The predicted octanol–water partition coefficient (Wildman–Crippen LogP) is 4.67. The number of phenols is 1. The van der Waals surface area contributed by atoms with E-state index >= 15 is 0 Å². The molecular weight excluding hydrogens is 374 g/mol. The van der Waals surface area contributed by atoms with Gasteiger partial charge in [0.25, 0.3) is 11.1 Å². The smallest absolute Gasteiger partial charge is 0.293 e. The highest BCUT2D eigenvalue weighted by molar-refractivity contribution is 8.18. The first-order chi connectivity index (χ1) is 13.4. The fourth-order valence-corrected chi connectivity index (χ4v) is 3.86. The molecule has 6 heteroatoms. The number of ether oxygens (including phenoxy) is 1. The molecule has 0 atom stereocenters. The van der Waals surface area contributed by atoms with E-state index in [1.807, 2.05) is 31.2 Å². The molecule has 0 bridgehead atoms. The van der Waals surface area contributed by atoms with E-state index in [9.17, 15) is 14.7 Å². The van der Waals surface area contributed by atoms with Gasteiger partial charge in [-0.05, 0) is 54.4 Å². The van der Waals surface area contributed by atoms with Gasteiger partial charge in [0.15, 0.2) is 11.5 Å². The summed E-state index contributed by atoms with van der Waals surface area (Å²) in [4.78, 5) is 26.7. The van der Waals surface area contributed by atoms with Crippen LogP contribution in [0.15, 0.2) is 54.0 Å². The van der Waals surface area contributed by atoms with Crippen molar-refractivity contribution in [1.29, 1.82) is 0 Å². The normalized spacial score (nSPS) is 15.4. The standard InChI is InChI=1S/C22H21NO4S/c1-4-6-17-10-16(11-18(27-3)20(17)24)12-19-21(25)23(22(26)28-19)13-15-8-5-7-14(2)9-15/h4-5,7-12,24H,1,6,13H2,2-3H3/b19-12-. The number of aromatic hydroxyl groups is 1. The van der Waals surface area contributed by atoms with Crippen molar-refractivity contribution in [2.24, 2.45) is 0 Å². The molecule has 0 radical (unpaired) electrons. The lowest BCUT2D eigenvalue weighted by Gasteiger charge is -2.13. The fraction of sp³-hybridized carbons (Fsp3) is 0.182. The zero-order valence-electron chi connectivity index (χ0n) is 15.8. The summed E-state index contributed by atoms with van der Waals surface area (Å²) in [5.41, 5.74) is 3.29. The molecule has 0 spiro atoms. The number of hydrogen-bond donors (Lipinski definition) is 1. The third-order valence-electron chi connectivity index (χ3n) is 4.35. The largest absolute Gasteiger partial charge is 0.504 e. The van der Waals surface area contributed by atoms with E-state index in [4.69, 9.17) is 4.74 Å². The van der Waals surface area contributed by atoms with Crippen LogP contribution in [0.3, 0.4) is 0 Å². The van der Waals surface area contributed by atoms with E-state index in [0.29, 0.717) is 28.2 Å². The average molecular weight is 395 g/mol. The van der Waals surface area contributed by atoms with E-state index in [1.54, 1.807) is 24.3 Å². The Morgan fingerprint density at radius 2 is 2.04 bits per heavy atom. The summed E-state index contributed by atoms with van der Waals surface area (Å²) in [6, 6.07) is 11.1. The maximum absolute atomic E-state index is 12.8. The van der Waals surface area contributed by atoms with Crippen molar-refractivity contribution in [3.8, 4) is 11.5 Å². The molecule has 28 heavy (non-hydrogen) atoms. The summed E-state index contributed by atoms with van der Waals surface area (Å²) in [5.74, 6) is 0.0329. The minimum atomic E-state index is -0.325. The Kier molecular flexibility index (Phi) is 5.90. The molecule has 2 amide bonds. The van der Waals surface area contributed by atoms with Crippen molar-refractivity contribution < 1.29 is 19.4 Å². The highest BCUT2D eigenvalue weighted by Crippen LogP contribution is 2.36. The molecule has 144 valence electrons. The quantitative estimate of drug-likeness (QED) is 0.568. The Balaban J connectivity index is 1.89. The predicted molar refractivity (Wildman–Crippen MR) is 111 cm³/mol. The number of benzene rings is 2. The molecule has 1 heterocycles. The topological polar surface area (TPSA) is 66.8 Å². The molecule has 1 aliphatic heterocycles. The van der Waals surface area contributed by atoms with Crippen LogP contribution >= 0.6 is 11.8 Å². The molecule has 1 fully saturated rings. The monoisotopic (exact) mass is 395 g/mol. The zero-order chi connectivity index (χ0) is 20.3. The summed E-state index contributed by atoms with van der Waals surface area (Å²) < 4.78 is 5.21. The van der Waals surface area contributed by atoms with Gasteiger partial charge in [-0.15, -0.1) is 6.58 Å². The first-order valence-electron chi connectivity index (χ1n) is 8.74. The van der Waals surface area contributed by atoms with Crippen molar-refractivity contribution >= 4 is 29.0 Å². The van der Waals surface area contributed by atoms with Crippen molar-refractivity contribution in [2.75, 3.05) is 7.11 Å². The number of phenolic OH excluding ortho intramolecular Hbond substituents is 1. The zero-order valence-corrected chi connectivity index (χ0v) is 16.6. The third-order valence-corrected chi connectivity index (χ3v) is 5.26. The Hall–Kier alpha value is -2.99. The summed E-state index contributed by atoms with van der Waals surface area (Å²) in [7, 11) is 1.46. The van der Waals surface area contributed by atoms with Gasteiger partial charge in [-0.1, -0.05) is 35.9 Å². The first-order valence-corrected chi connectivity index (χ1v) is 9.56. The van der Waals surface area contributed by atoms with E-state index < -0.39 is 0 Å². The highest BCUT2D eigenvalue weighted by Gasteiger charge is 2.35. The average Bonchev–Trinajstić information content (AvgIpc) is 2.92. The van der Waals surface area contributed by atoms with Crippen LogP contribution in [-0.2, 0) is 17.8 Å². The fourth-order valence-electron chi connectivity index (χ4n) is 3.02. The minimum Gasteiger partial charge on any atom is -0.504 e. The van der Waals surface area contributed by atoms with Gasteiger partial charge < -0.3 is 9.84 Å². The van der Waals surface area contributed by atoms with Gasteiger partial charge in [-0.25, -0.2) is 0 Å². The number of hydrogen-bond acceptors (Lipinski definition) is 5. The van der Waals surface area contributed by atoms with E-state index in [2.05, 4.69) is 6.58 Å². The van der Waals surface area contributed by atoms with Crippen LogP contribution in [0, 0.1) is 6.92 Å². The van der Waals surface area contributed by atoms with Gasteiger partial charge in [-0.2, -0.15) is 0 Å². The molecule has 1 saturated heterocycles. The van der Waals surface area contributed by atoms with Crippen molar-refractivity contribution in [3.05, 3.63) is 76.2 Å². The summed E-state index contributed by atoms with van der Waals surface area (Å²) >= 11 is 0.912. The second-order valence-electron chi connectivity index (χ2n) is 6.48. The van der Waals surface area contributed by atoms with Crippen LogP contribution in [0.2, 0.25) is 0 Å². The lowest BCUT2D eigenvalue weighted by Crippen LogP contribution is -2.27. The van der Waals surface area contributed by atoms with Gasteiger partial charge in [0.2, 0.25) is 0 Å². The highest BCUT2D eigenvalue weighted by atomic mass is 32.2. The van der Waals surface area contributed by atoms with Crippen molar-refractivity contribution in [3.63, 3.8) is 0 Å². The molecule has 1 N–H and O–H groups in total. The van der Waals surface area contributed by atoms with Gasteiger partial charge in [0.05, 0.1) is 18.6 Å². The maximum atomic E-state index is 12.8. The van der Waals surface area contributed by atoms with Crippen molar-refractivity contribution in [2.45, 2.75) is 19.9 Å². The maximum Gasteiger partial charge on any atom is 0.293 e. The SMILES string of the molecule is C=CCc1cc(/C=C2\SC(=O)N(Cc3cccc(C)c3)C2=O)cc(OC)c1O. The lowest BCUT2D eigenvalue weighted by molar-refractivity contribution is -0.123. The molecular formula is C22H21NO4S. The molecule has 2 aromatic carbocycles. The van der Waals surface area contributed by atoms with Crippen molar-refractivity contribution in [1.82, 2.24) is 4.90 Å². The van der Waals surface area contributed by atoms with Crippen LogP contribution in [-0.4, -0.2) is 28.3 Å². The number of amides is 2. The van der Waals surface area contributed by atoms with E-state index in [0.717, 1.165) is 22.9 Å². The Labute approximate surface area is 168 Å². The number of carbonyl (C=O) groups is 2. The molecule has 0 saturated carbocycles. The number of rotatable bonds is 6. The molecule has 0 unspecified atom stereocenters. The molecule has 3 rings (SSSR count). The Morgan fingerprint density at radius 1 is 1.25 bits per heavy atom. The van der Waals surface area contributed by atoms with Gasteiger partial charge in [0.1, 0.15) is 0 Å². The minimum absolute atomic E-state index is 0.0482. The number of thioether (sulfide) groups is 1. The Bertz CT molecular complexity index is 980. The van der Waals surface area contributed by atoms with Crippen LogP contribution in [0.25, 0.3) is 6.08 Å². The van der Waals surface area contributed by atoms with E-state index in [1.165, 1.54) is 12.0 Å². The van der Waals surface area contributed by atoms with Crippen LogP contribution in [0.1, 0.15) is 22.3 Å². The number of methoxy groups -OCH3 is 1. The second-order valence-corrected chi connectivity index (χ2v) is 7.47. The van der Waals surface area contributed by atoms with Crippen LogP contribution < -0.4 is 4.74 Å². The number of imide groups is 1. The molecule has 0 aromatic heterocycles. The Morgan fingerprint density at radius 3 is 2.71 bits per heavy atom. The lowest BCUT2D eigenvalue weighted by atomic mass is 10.1. The molecule has 2 aromatic rings. The first kappa shape index (κ1) is 19.8. The van der Waals surface area contributed by atoms with Crippen LogP contribution in [0.5, 0.6) is 11.5 Å². The second kappa shape index (κ2) is 8.35.